The lowest BCUT2D eigenvalue weighted by molar-refractivity contribution is 0.0651. The molecule has 0 radical (unpaired) electrons. The Bertz CT molecular complexity index is 402. The quantitative estimate of drug-likeness (QED) is 0.646. The van der Waals surface area contributed by atoms with Gasteiger partial charge in [-0.2, -0.15) is 0 Å². The SMILES string of the molecule is C#CCNC(=O)c1cc(C(=O)O)on1. The number of hydrogen-bond acceptors (Lipinski definition) is 4. The van der Waals surface area contributed by atoms with Crippen molar-refractivity contribution < 1.29 is 19.2 Å². The number of carbonyl (C=O) groups excluding carboxylic acids is 1. The highest BCUT2D eigenvalue weighted by molar-refractivity contribution is 5.94. The predicted molar refractivity (Wildman–Crippen MR) is 44.6 cm³/mol. The molecule has 0 aliphatic rings. The number of carbonyl (C=O) groups is 2. The summed E-state index contributed by atoms with van der Waals surface area (Å²) >= 11 is 0. The van der Waals surface area contributed by atoms with Gasteiger partial charge in [-0.15, -0.1) is 6.42 Å². The van der Waals surface area contributed by atoms with Crippen molar-refractivity contribution in [3.8, 4) is 12.3 Å². The Morgan fingerprint density at radius 1 is 1.71 bits per heavy atom. The van der Waals surface area contributed by atoms with Gasteiger partial charge >= 0.3 is 5.97 Å². The number of nitrogens with one attached hydrogen (secondary N) is 1. The molecule has 0 aromatic carbocycles. The average Bonchev–Trinajstić information content (AvgIpc) is 2.62. The Labute approximate surface area is 78.9 Å². The lowest BCUT2D eigenvalue weighted by Crippen LogP contribution is -2.23. The smallest absolute Gasteiger partial charge is 0.374 e. The monoisotopic (exact) mass is 194 g/mol. The van der Waals surface area contributed by atoms with Crippen molar-refractivity contribution in [1.29, 1.82) is 0 Å². The maximum atomic E-state index is 11.1. The lowest BCUT2D eigenvalue weighted by Gasteiger charge is -1.93. The van der Waals surface area contributed by atoms with E-state index in [2.05, 4.69) is 20.9 Å². The van der Waals surface area contributed by atoms with E-state index in [1.54, 1.807) is 0 Å². The molecule has 2 N–H and O–H groups in total. The van der Waals surface area contributed by atoms with Gasteiger partial charge in [0.15, 0.2) is 5.69 Å². The largest absolute Gasteiger partial charge is 0.475 e. The van der Waals surface area contributed by atoms with Gasteiger partial charge in [0.1, 0.15) is 0 Å². The molecule has 14 heavy (non-hydrogen) atoms. The van der Waals surface area contributed by atoms with Gasteiger partial charge in [0.25, 0.3) is 5.91 Å². The van der Waals surface area contributed by atoms with Gasteiger partial charge in [-0.3, -0.25) is 4.79 Å². The van der Waals surface area contributed by atoms with Crippen molar-refractivity contribution in [2.45, 2.75) is 0 Å². The maximum Gasteiger partial charge on any atom is 0.374 e. The van der Waals surface area contributed by atoms with E-state index in [-0.39, 0.29) is 12.2 Å². The predicted octanol–water partition coefficient (Wildman–Crippen LogP) is -0.264. The molecule has 1 rings (SSSR count). The molecule has 0 aliphatic heterocycles. The summed E-state index contributed by atoms with van der Waals surface area (Å²) in [5.41, 5.74) is -0.113. The zero-order chi connectivity index (χ0) is 10.6. The molecule has 1 heterocycles. The van der Waals surface area contributed by atoms with E-state index in [1.165, 1.54) is 0 Å². The third-order valence-electron chi connectivity index (χ3n) is 1.30. The number of carboxylic acids is 1. The zero-order valence-electron chi connectivity index (χ0n) is 6.98. The van der Waals surface area contributed by atoms with Crippen LogP contribution in [0.4, 0.5) is 0 Å². The minimum Gasteiger partial charge on any atom is -0.475 e. The number of carboxylic acid groups (broad SMARTS) is 1. The van der Waals surface area contributed by atoms with Crippen LogP contribution in [-0.4, -0.2) is 28.7 Å². The van der Waals surface area contributed by atoms with Crippen LogP contribution in [0.3, 0.4) is 0 Å². The third kappa shape index (κ3) is 2.10. The van der Waals surface area contributed by atoms with Gasteiger partial charge in [-0.05, 0) is 0 Å². The molecule has 6 heteroatoms. The molecule has 0 fully saturated rings. The fourth-order valence-corrected chi connectivity index (χ4v) is 0.705. The molecule has 1 aromatic rings. The van der Waals surface area contributed by atoms with Crippen LogP contribution in [0.15, 0.2) is 10.6 Å². The van der Waals surface area contributed by atoms with Crippen LogP contribution in [0, 0.1) is 12.3 Å². The van der Waals surface area contributed by atoms with Crippen LogP contribution in [-0.2, 0) is 0 Å². The van der Waals surface area contributed by atoms with Crippen molar-refractivity contribution in [3.63, 3.8) is 0 Å². The number of aromatic carboxylic acids is 1. The Balaban J connectivity index is 2.72. The average molecular weight is 194 g/mol. The van der Waals surface area contributed by atoms with Crippen LogP contribution in [0.25, 0.3) is 0 Å². The van der Waals surface area contributed by atoms with Crippen LogP contribution in [0.5, 0.6) is 0 Å². The normalized spacial score (nSPS) is 9.07. The molecule has 1 amide bonds. The molecule has 0 aliphatic carbocycles. The van der Waals surface area contributed by atoms with Crippen molar-refractivity contribution in [3.05, 3.63) is 17.5 Å². The summed E-state index contributed by atoms with van der Waals surface area (Å²) < 4.78 is 4.37. The Morgan fingerprint density at radius 2 is 2.43 bits per heavy atom. The Hall–Kier alpha value is -2.29. The van der Waals surface area contributed by atoms with Crippen LogP contribution >= 0.6 is 0 Å². The van der Waals surface area contributed by atoms with Crippen molar-refractivity contribution in [2.75, 3.05) is 6.54 Å². The molecule has 6 nitrogen and oxygen atoms in total. The van der Waals surface area contributed by atoms with E-state index in [9.17, 15) is 9.59 Å². The van der Waals surface area contributed by atoms with Gasteiger partial charge in [0, 0.05) is 6.07 Å². The zero-order valence-corrected chi connectivity index (χ0v) is 6.98. The summed E-state index contributed by atoms with van der Waals surface area (Å²) in [5.74, 6) is -0.0554. The molecule has 0 atom stereocenters. The van der Waals surface area contributed by atoms with Crippen molar-refractivity contribution >= 4 is 11.9 Å². The maximum absolute atomic E-state index is 11.1. The number of amides is 1. The number of nitrogens with zero attached hydrogens (tertiary/aromatic N) is 1. The first-order valence-electron chi connectivity index (χ1n) is 3.57. The number of aromatic nitrogens is 1. The Kier molecular flexibility index (Phi) is 2.86. The summed E-state index contributed by atoms with van der Waals surface area (Å²) in [6.07, 6.45) is 4.91. The van der Waals surface area contributed by atoms with Crippen molar-refractivity contribution in [2.24, 2.45) is 0 Å². The molecule has 0 bridgehead atoms. The van der Waals surface area contributed by atoms with E-state index in [4.69, 9.17) is 11.5 Å². The Morgan fingerprint density at radius 3 is 2.93 bits per heavy atom. The lowest BCUT2D eigenvalue weighted by atomic mass is 10.3. The second-order valence-corrected chi connectivity index (χ2v) is 2.27. The first-order chi connectivity index (χ1) is 6.65. The van der Waals surface area contributed by atoms with Crippen molar-refractivity contribution in [1.82, 2.24) is 10.5 Å². The fraction of sp³-hybridized carbons (Fsp3) is 0.125. The number of rotatable bonds is 3. The van der Waals surface area contributed by atoms with Gasteiger partial charge in [-0.1, -0.05) is 11.1 Å². The van der Waals surface area contributed by atoms with E-state index in [1.807, 2.05) is 0 Å². The van der Waals surface area contributed by atoms with Crippen LogP contribution < -0.4 is 5.32 Å². The van der Waals surface area contributed by atoms with E-state index < -0.39 is 17.6 Å². The summed E-state index contributed by atoms with van der Waals surface area (Å²) in [5, 5.41) is 14.0. The highest BCUT2D eigenvalue weighted by Gasteiger charge is 2.15. The van der Waals surface area contributed by atoms with E-state index in [0.29, 0.717) is 0 Å². The van der Waals surface area contributed by atoms with Gasteiger partial charge in [0.05, 0.1) is 6.54 Å². The fourth-order valence-electron chi connectivity index (χ4n) is 0.705. The molecule has 0 unspecified atom stereocenters. The summed E-state index contributed by atoms with van der Waals surface area (Å²) in [4.78, 5) is 21.5. The topological polar surface area (TPSA) is 92.4 Å². The van der Waals surface area contributed by atoms with E-state index >= 15 is 0 Å². The van der Waals surface area contributed by atoms with Crippen LogP contribution in [0.2, 0.25) is 0 Å². The second-order valence-electron chi connectivity index (χ2n) is 2.27. The van der Waals surface area contributed by atoms with Gasteiger partial charge < -0.3 is 14.9 Å². The van der Waals surface area contributed by atoms with Gasteiger partial charge in [0.2, 0.25) is 5.76 Å². The first kappa shape index (κ1) is 9.80. The van der Waals surface area contributed by atoms with Gasteiger partial charge in [-0.25, -0.2) is 4.79 Å². The standard InChI is InChI=1S/C8H6N2O4/c1-2-3-9-7(11)5-4-6(8(12)13)14-10-5/h1,4H,3H2,(H,9,11)(H,12,13). The second kappa shape index (κ2) is 4.09. The minimum atomic E-state index is -1.28. The molecule has 72 valence electrons. The molecule has 0 saturated carbocycles. The highest BCUT2D eigenvalue weighted by atomic mass is 16.5. The van der Waals surface area contributed by atoms with E-state index in [0.717, 1.165) is 6.07 Å². The molecule has 1 aromatic heterocycles. The first-order valence-corrected chi connectivity index (χ1v) is 3.57. The number of hydrogen-bond donors (Lipinski definition) is 2. The molecular weight excluding hydrogens is 188 g/mol. The molecule has 0 spiro atoms. The minimum absolute atomic E-state index is 0.0497. The summed E-state index contributed by atoms with van der Waals surface area (Å²) in [7, 11) is 0. The summed E-state index contributed by atoms with van der Waals surface area (Å²) in [6.45, 7) is 0.0497. The van der Waals surface area contributed by atoms with Crippen LogP contribution in [0.1, 0.15) is 21.0 Å². The molecular formula is C8H6N2O4. The highest BCUT2D eigenvalue weighted by Crippen LogP contribution is 2.02. The summed E-state index contributed by atoms with van der Waals surface area (Å²) in [6, 6.07) is 1.02. The number of terminal acetylenes is 1. The third-order valence-corrected chi connectivity index (χ3v) is 1.30. The molecule has 0 saturated heterocycles.